The second-order valence-corrected chi connectivity index (χ2v) is 8.37. The third-order valence-corrected chi connectivity index (χ3v) is 5.39. The van der Waals surface area contributed by atoms with Crippen LogP contribution in [0.3, 0.4) is 0 Å². The van der Waals surface area contributed by atoms with E-state index in [1.54, 1.807) is 4.90 Å². The fourth-order valence-electron chi connectivity index (χ4n) is 1.84. The minimum absolute atomic E-state index is 0.0151. The fraction of sp³-hybridized carbons (Fsp3) is 0.214. The summed E-state index contributed by atoms with van der Waals surface area (Å²) in [6, 6.07) is 9.43. The standard InChI is InChI=1S/C14H12Br2ClNOS/c1-2-18(8-9-4-3-5-10(17)6-9)14(19)11-7-12(15)20-13(11)16/h3-7H,2,8H2,1H3. The van der Waals surface area contributed by atoms with Gasteiger partial charge in [0.1, 0.15) is 0 Å². The molecule has 6 heteroatoms. The molecule has 1 aromatic heterocycles. The van der Waals surface area contributed by atoms with Gasteiger partial charge < -0.3 is 4.90 Å². The van der Waals surface area contributed by atoms with E-state index in [2.05, 4.69) is 31.9 Å². The molecular formula is C14H12Br2ClNOS. The summed E-state index contributed by atoms with van der Waals surface area (Å²) in [5, 5.41) is 0.686. The average Bonchev–Trinajstić information content (AvgIpc) is 2.74. The summed E-state index contributed by atoms with van der Waals surface area (Å²) >= 11 is 14.3. The van der Waals surface area contributed by atoms with Crippen molar-refractivity contribution in [2.45, 2.75) is 13.5 Å². The second-order valence-electron chi connectivity index (χ2n) is 4.19. The van der Waals surface area contributed by atoms with Crippen LogP contribution in [0, 0.1) is 0 Å². The van der Waals surface area contributed by atoms with Gasteiger partial charge in [-0.05, 0) is 62.5 Å². The first-order valence-corrected chi connectivity index (χ1v) is 8.78. The lowest BCUT2D eigenvalue weighted by Crippen LogP contribution is -2.30. The minimum Gasteiger partial charge on any atom is -0.335 e. The Morgan fingerprint density at radius 3 is 2.65 bits per heavy atom. The maximum absolute atomic E-state index is 12.5. The summed E-state index contributed by atoms with van der Waals surface area (Å²) in [5.41, 5.74) is 1.71. The van der Waals surface area contributed by atoms with Crippen LogP contribution in [0.5, 0.6) is 0 Å². The first kappa shape index (κ1) is 16.0. The quantitative estimate of drug-likeness (QED) is 0.611. The molecule has 1 aromatic carbocycles. The average molecular weight is 438 g/mol. The molecule has 2 aromatic rings. The molecule has 0 aliphatic rings. The van der Waals surface area contributed by atoms with Gasteiger partial charge in [0.2, 0.25) is 0 Å². The van der Waals surface area contributed by atoms with Crippen molar-refractivity contribution in [3.05, 3.63) is 54.1 Å². The molecule has 0 atom stereocenters. The molecule has 0 unspecified atom stereocenters. The van der Waals surface area contributed by atoms with E-state index in [0.29, 0.717) is 23.7 Å². The van der Waals surface area contributed by atoms with Crippen LogP contribution in [0.4, 0.5) is 0 Å². The summed E-state index contributed by atoms with van der Waals surface area (Å²) in [6.07, 6.45) is 0. The van der Waals surface area contributed by atoms with Crippen molar-refractivity contribution >= 4 is 60.7 Å². The van der Waals surface area contributed by atoms with E-state index in [1.807, 2.05) is 37.3 Å². The maximum atomic E-state index is 12.5. The molecule has 2 rings (SSSR count). The van der Waals surface area contributed by atoms with Crippen molar-refractivity contribution in [2.24, 2.45) is 0 Å². The van der Waals surface area contributed by atoms with Gasteiger partial charge in [-0.25, -0.2) is 0 Å². The smallest absolute Gasteiger partial charge is 0.256 e. The van der Waals surface area contributed by atoms with Gasteiger partial charge in [0.05, 0.1) is 13.1 Å². The van der Waals surface area contributed by atoms with Crippen molar-refractivity contribution in [2.75, 3.05) is 6.54 Å². The first-order chi connectivity index (χ1) is 9.51. The maximum Gasteiger partial charge on any atom is 0.256 e. The molecule has 0 saturated carbocycles. The second kappa shape index (κ2) is 7.07. The summed E-state index contributed by atoms with van der Waals surface area (Å²) < 4.78 is 1.78. The van der Waals surface area contributed by atoms with Crippen molar-refractivity contribution < 1.29 is 4.79 Å². The van der Waals surface area contributed by atoms with E-state index in [-0.39, 0.29) is 5.91 Å². The highest BCUT2D eigenvalue weighted by atomic mass is 79.9. The first-order valence-electron chi connectivity index (χ1n) is 5.99. The third kappa shape index (κ3) is 3.85. The Labute approximate surface area is 144 Å². The third-order valence-electron chi connectivity index (χ3n) is 2.82. The molecule has 0 aliphatic carbocycles. The highest BCUT2D eigenvalue weighted by Gasteiger charge is 2.19. The zero-order valence-electron chi connectivity index (χ0n) is 10.7. The molecule has 0 spiro atoms. The Balaban J connectivity index is 2.20. The predicted molar refractivity (Wildman–Crippen MR) is 91.6 cm³/mol. The number of carbonyl (C=O) groups excluding carboxylic acids is 1. The zero-order chi connectivity index (χ0) is 14.7. The van der Waals surface area contributed by atoms with Crippen molar-refractivity contribution in [1.82, 2.24) is 4.90 Å². The van der Waals surface area contributed by atoms with E-state index in [9.17, 15) is 4.79 Å². The Morgan fingerprint density at radius 2 is 2.10 bits per heavy atom. The molecule has 0 N–H and O–H groups in total. The summed E-state index contributed by atoms with van der Waals surface area (Å²) in [7, 11) is 0. The van der Waals surface area contributed by atoms with E-state index in [1.165, 1.54) is 11.3 Å². The zero-order valence-corrected chi connectivity index (χ0v) is 15.4. The van der Waals surface area contributed by atoms with E-state index in [4.69, 9.17) is 11.6 Å². The van der Waals surface area contributed by atoms with E-state index in [0.717, 1.165) is 13.1 Å². The summed E-state index contributed by atoms with van der Waals surface area (Å²) in [5.74, 6) is 0.0151. The molecular weight excluding hydrogens is 425 g/mol. The lowest BCUT2D eigenvalue weighted by atomic mass is 10.2. The number of amides is 1. The van der Waals surface area contributed by atoms with Crippen LogP contribution in [0.1, 0.15) is 22.8 Å². The van der Waals surface area contributed by atoms with Crippen LogP contribution in [-0.4, -0.2) is 17.4 Å². The Morgan fingerprint density at radius 1 is 1.35 bits per heavy atom. The van der Waals surface area contributed by atoms with Crippen molar-refractivity contribution in [3.63, 3.8) is 0 Å². The van der Waals surface area contributed by atoms with Gasteiger partial charge in [-0.3, -0.25) is 4.79 Å². The van der Waals surface area contributed by atoms with Gasteiger partial charge in [-0.15, -0.1) is 11.3 Å². The minimum atomic E-state index is 0.0151. The van der Waals surface area contributed by atoms with Gasteiger partial charge in [0.25, 0.3) is 5.91 Å². The molecule has 0 radical (unpaired) electrons. The highest BCUT2D eigenvalue weighted by molar-refractivity contribution is 9.12. The molecule has 1 heterocycles. The number of hydrogen-bond acceptors (Lipinski definition) is 2. The van der Waals surface area contributed by atoms with Crippen LogP contribution >= 0.6 is 54.8 Å². The van der Waals surface area contributed by atoms with Gasteiger partial charge >= 0.3 is 0 Å². The van der Waals surface area contributed by atoms with E-state index < -0.39 is 0 Å². The number of carbonyl (C=O) groups is 1. The number of halogens is 3. The number of benzene rings is 1. The number of hydrogen-bond donors (Lipinski definition) is 0. The lowest BCUT2D eigenvalue weighted by Gasteiger charge is -2.21. The Hall–Kier alpha value is -0.360. The number of nitrogens with zero attached hydrogens (tertiary/aromatic N) is 1. The van der Waals surface area contributed by atoms with Gasteiger partial charge in [-0.1, -0.05) is 23.7 Å². The Kier molecular flexibility index (Phi) is 5.66. The molecule has 0 bridgehead atoms. The van der Waals surface area contributed by atoms with Crippen LogP contribution in [0.15, 0.2) is 37.9 Å². The number of thiophene rings is 1. The molecule has 0 aliphatic heterocycles. The largest absolute Gasteiger partial charge is 0.335 e. The highest BCUT2D eigenvalue weighted by Crippen LogP contribution is 2.32. The van der Waals surface area contributed by atoms with Gasteiger partial charge in [0, 0.05) is 18.1 Å². The molecule has 2 nitrogen and oxygen atoms in total. The summed E-state index contributed by atoms with van der Waals surface area (Å²) in [4.78, 5) is 14.3. The predicted octanol–water partition coefficient (Wildman–Crippen LogP) is 5.59. The number of rotatable bonds is 4. The molecule has 0 fully saturated rings. The van der Waals surface area contributed by atoms with Gasteiger partial charge in [0.15, 0.2) is 0 Å². The van der Waals surface area contributed by atoms with Crippen molar-refractivity contribution in [1.29, 1.82) is 0 Å². The molecule has 106 valence electrons. The van der Waals surface area contributed by atoms with Crippen LogP contribution < -0.4 is 0 Å². The molecule has 1 amide bonds. The van der Waals surface area contributed by atoms with Crippen LogP contribution in [-0.2, 0) is 6.54 Å². The van der Waals surface area contributed by atoms with Gasteiger partial charge in [-0.2, -0.15) is 0 Å². The van der Waals surface area contributed by atoms with E-state index >= 15 is 0 Å². The van der Waals surface area contributed by atoms with Crippen molar-refractivity contribution in [3.8, 4) is 0 Å². The monoisotopic (exact) mass is 435 g/mol. The van der Waals surface area contributed by atoms with Crippen LogP contribution in [0.2, 0.25) is 5.02 Å². The van der Waals surface area contributed by atoms with Crippen LogP contribution in [0.25, 0.3) is 0 Å². The normalized spacial score (nSPS) is 10.6. The fourth-order valence-corrected chi connectivity index (χ4v) is 4.83. The molecule has 0 saturated heterocycles. The SMILES string of the molecule is CCN(Cc1cccc(Cl)c1)C(=O)c1cc(Br)sc1Br. The topological polar surface area (TPSA) is 20.3 Å². The molecule has 20 heavy (non-hydrogen) atoms. The lowest BCUT2D eigenvalue weighted by molar-refractivity contribution is 0.0752. The summed E-state index contributed by atoms with van der Waals surface area (Å²) in [6.45, 7) is 3.17. The Bertz CT molecular complexity index is 629.